The maximum atomic E-state index is 5.91. The van der Waals surface area contributed by atoms with E-state index in [-0.39, 0.29) is 0 Å². The Morgan fingerprint density at radius 3 is 2.32 bits per heavy atom. The summed E-state index contributed by atoms with van der Waals surface area (Å²) >= 11 is 0. The fourth-order valence-corrected chi connectivity index (χ4v) is 3.73. The van der Waals surface area contributed by atoms with Crippen molar-refractivity contribution in [3.8, 4) is 11.3 Å². The molecule has 3 rings (SSSR count). The third-order valence-corrected chi connectivity index (χ3v) is 6.44. The number of hydrogen-bond donors (Lipinski definition) is 2. The van der Waals surface area contributed by atoms with Gasteiger partial charge in [-0.3, -0.25) is 0 Å². The molecule has 6 heteroatoms. The number of rotatable bonds is 8. The van der Waals surface area contributed by atoms with Gasteiger partial charge in [-0.05, 0) is 47.4 Å². The lowest BCUT2D eigenvalue weighted by Gasteiger charge is -2.16. The molecule has 0 fully saturated rings. The Morgan fingerprint density at radius 2 is 1.64 bits per heavy atom. The van der Waals surface area contributed by atoms with Gasteiger partial charge in [-0.2, -0.15) is 5.10 Å². The summed E-state index contributed by atoms with van der Waals surface area (Å²) in [5, 5.41) is 4.41. The molecule has 0 saturated heterocycles. The summed E-state index contributed by atoms with van der Waals surface area (Å²) in [5.41, 5.74) is 17.5. The molecule has 0 aliphatic rings. The van der Waals surface area contributed by atoms with Crippen molar-refractivity contribution < 1.29 is 4.74 Å². The number of nitrogens with two attached hydrogens (primary N) is 2. The Bertz CT molecular complexity index is 913. The van der Waals surface area contributed by atoms with E-state index in [0.717, 1.165) is 35.9 Å². The molecule has 148 valence electrons. The standard InChI is InChI=1S/C22H30N4OSi/c1-28(2,3)13-12-27-16-26-22(10-11-25-26)19-7-4-17(5-8-19)14-18-6-9-20(23)21(24)15-18/h4-11,15H,12-14,16,23-24H2,1-3H3. The molecule has 5 nitrogen and oxygen atoms in total. The number of nitrogens with zero attached hydrogens (tertiary/aromatic N) is 2. The normalized spacial score (nSPS) is 11.7. The van der Waals surface area contributed by atoms with Crippen molar-refractivity contribution in [2.45, 2.75) is 38.8 Å². The number of benzene rings is 2. The molecule has 0 bridgehead atoms. The smallest absolute Gasteiger partial charge is 0.139 e. The van der Waals surface area contributed by atoms with Crippen LogP contribution < -0.4 is 11.5 Å². The predicted molar refractivity (Wildman–Crippen MR) is 120 cm³/mol. The van der Waals surface area contributed by atoms with Crippen LogP contribution in [0.2, 0.25) is 25.7 Å². The Balaban J connectivity index is 1.64. The number of anilines is 2. The van der Waals surface area contributed by atoms with Gasteiger partial charge in [0.1, 0.15) is 6.73 Å². The quantitative estimate of drug-likeness (QED) is 0.332. The van der Waals surface area contributed by atoms with Crippen molar-refractivity contribution in [1.29, 1.82) is 0 Å². The second-order valence-electron chi connectivity index (χ2n) is 8.40. The van der Waals surface area contributed by atoms with E-state index in [0.29, 0.717) is 18.1 Å². The fraction of sp³-hybridized carbons (Fsp3) is 0.318. The molecule has 28 heavy (non-hydrogen) atoms. The summed E-state index contributed by atoms with van der Waals surface area (Å²) in [7, 11) is -1.07. The van der Waals surface area contributed by atoms with Gasteiger partial charge >= 0.3 is 0 Å². The van der Waals surface area contributed by atoms with E-state index in [1.54, 1.807) is 0 Å². The molecule has 0 unspecified atom stereocenters. The van der Waals surface area contributed by atoms with E-state index in [1.165, 1.54) is 5.56 Å². The van der Waals surface area contributed by atoms with Crippen LogP contribution in [0.15, 0.2) is 54.7 Å². The zero-order chi connectivity index (χ0) is 20.1. The van der Waals surface area contributed by atoms with Gasteiger partial charge in [-0.25, -0.2) is 4.68 Å². The van der Waals surface area contributed by atoms with E-state index in [9.17, 15) is 0 Å². The lowest BCUT2D eigenvalue weighted by molar-refractivity contribution is 0.0798. The highest BCUT2D eigenvalue weighted by Gasteiger charge is 2.12. The first kappa shape index (κ1) is 20.2. The van der Waals surface area contributed by atoms with Crippen LogP contribution in [0.1, 0.15) is 11.1 Å². The second kappa shape index (κ2) is 8.62. The summed E-state index contributed by atoms with van der Waals surface area (Å²) in [6.45, 7) is 8.35. The Morgan fingerprint density at radius 1 is 0.929 bits per heavy atom. The molecule has 0 aliphatic heterocycles. The molecule has 1 aromatic heterocycles. The topological polar surface area (TPSA) is 79.1 Å². The van der Waals surface area contributed by atoms with Crippen LogP contribution in [0.3, 0.4) is 0 Å². The summed E-state index contributed by atoms with van der Waals surface area (Å²) in [6.07, 6.45) is 2.64. The van der Waals surface area contributed by atoms with Crippen molar-refractivity contribution in [2.24, 2.45) is 0 Å². The fourth-order valence-electron chi connectivity index (χ4n) is 2.97. The second-order valence-corrected chi connectivity index (χ2v) is 14.0. The minimum Gasteiger partial charge on any atom is -0.397 e. The SMILES string of the molecule is C[Si](C)(C)CCOCn1nccc1-c1ccc(Cc2ccc(N)c(N)c2)cc1. The number of aromatic nitrogens is 2. The van der Waals surface area contributed by atoms with Gasteiger partial charge in [0.15, 0.2) is 0 Å². The summed E-state index contributed by atoms with van der Waals surface area (Å²) in [4.78, 5) is 0. The molecule has 0 atom stereocenters. The Hall–Kier alpha value is -2.57. The molecule has 2 aromatic carbocycles. The average Bonchev–Trinajstić information content (AvgIpc) is 3.10. The lowest BCUT2D eigenvalue weighted by atomic mass is 10.0. The van der Waals surface area contributed by atoms with Crippen LogP contribution in [0, 0.1) is 0 Å². The van der Waals surface area contributed by atoms with Crippen molar-refractivity contribution in [3.63, 3.8) is 0 Å². The Labute approximate surface area is 168 Å². The van der Waals surface area contributed by atoms with Crippen molar-refractivity contribution in [3.05, 3.63) is 65.9 Å². The van der Waals surface area contributed by atoms with Crippen LogP contribution >= 0.6 is 0 Å². The van der Waals surface area contributed by atoms with Crippen LogP contribution in [0.5, 0.6) is 0 Å². The third-order valence-electron chi connectivity index (χ3n) is 4.74. The van der Waals surface area contributed by atoms with Gasteiger partial charge in [-0.15, -0.1) is 0 Å². The van der Waals surface area contributed by atoms with Gasteiger partial charge in [-0.1, -0.05) is 50.0 Å². The minimum atomic E-state index is -1.07. The van der Waals surface area contributed by atoms with Crippen LogP contribution in [-0.4, -0.2) is 24.5 Å². The monoisotopic (exact) mass is 394 g/mol. The molecule has 1 heterocycles. The third kappa shape index (κ3) is 5.47. The van der Waals surface area contributed by atoms with Gasteiger partial charge in [0.2, 0.25) is 0 Å². The van der Waals surface area contributed by atoms with Gasteiger partial charge in [0.05, 0.1) is 17.1 Å². The van der Waals surface area contributed by atoms with Gasteiger partial charge < -0.3 is 16.2 Å². The number of nitrogen functional groups attached to an aromatic ring is 2. The van der Waals surface area contributed by atoms with Crippen molar-refractivity contribution >= 4 is 19.4 Å². The van der Waals surface area contributed by atoms with Crippen LogP contribution in [-0.2, 0) is 17.9 Å². The van der Waals surface area contributed by atoms with E-state index in [4.69, 9.17) is 16.2 Å². The van der Waals surface area contributed by atoms with Crippen LogP contribution in [0.25, 0.3) is 11.3 Å². The zero-order valence-electron chi connectivity index (χ0n) is 17.0. The first-order valence-electron chi connectivity index (χ1n) is 9.64. The van der Waals surface area contributed by atoms with Crippen molar-refractivity contribution in [1.82, 2.24) is 9.78 Å². The Kier molecular flexibility index (Phi) is 6.21. The first-order chi connectivity index (χ1) is 13.3. The molecule has 0 radical (unpaired) electrons. The summed E-state index contributed by atoms with van der Waals surface area (Å²) in [6, 6.07) is 17.6. The lowest BCUT2D eigenvalue weighted by Crippen LogP contribution is -2.22. The predicted octanol–water partition coefficient (Wildman–Crippen LogP) is 4.62. The van der Waals surface area contributed by atoms with E-state index < -0.39 is 8.07 Å². The van der Waals surface area contributed by atoms with E-state index in [1.807, 2.05) is 35.1 Å². The molecule has 0 spiro atoms. The molecular formula is C22H30N4OSi. The van der Waals surface area contributed by atoms with E-state index >= 15 is 0 Å². The molecule has 3 aromatic rings. The largest absolute Gasteiger partial charge is 0.397 e. The van der Waals surface area contributed by atoms with Crippen LogP contribution in [0.4, 0.5) is 11.4 Å². The summed E-state index contributed by atoms with van der Waals surface area (Å²) in [5.74, 6) is 0. The molecule has 0 saturated carbocycles. The highest BCUT2D eigenvalue weighted by molar-refractivity contribution is 6.76. The maximum absolute atomic E-state index is 5.91. The van der Waals surface area contributed by atoms with Gasteiger partial charge in [0.25, 0.3) is 0 Å². The number of hydrogen-bond acceptors (Lipinski definition) is 4. The van der Waals surface area contributed by atoms with Gasteiger partial charge in [0, 0.05) is 20.9 Å². The average molecular weight is 395 g/mol. The minimum absolute atomic E-state index is 0.485. The molecule has 0 amide bonds. The zero-order valence-corrected chi connectivity index (χ0v) is 18.0. The number of ether oxygens (including phenoxy) is 1. The molecular weight excluding hydrogens is 364 g/mol. The van der Waals surface area contributed by atoms with Crippen molar-refractivity contribution in [2.75, 3.05) is 18.1 Å². The molecule has 4 N–H and O–H groups in total. The maximum Gasteiger partial charge on any atom is 0.139 e. The highest BCUT2D eigenvalue weighted by atomic mass is 28.3. The summed E-state index contributed by atoms with van der Waals surface area (Å²) < 4.78 is 7.77. The molecule has 0 aliphatic carbocycles. The highest BCUT2D eigenvalue weighted by Crippen LogP contribution is 2.22. The first-order valence-corrected chi connectivity index (χ1v) is 13.4. The van der Waals surface area contributed by atoms with E-state index in [2.05, 4.69) is 49.0 Å².